The van der Waals surface area contributed by atoms with Gasteiger partial charge in [-0.1, -0.05) is 12.1 Å². The highest BCUT2D eigenvalue weighted by Gasteiger charge is 2.17. The molecule has 1 fully saturated rings. The number of benzene rings is 1. The summed E-state index contributed by atoms with van der Waals surface area (Å²) in [6.45, 7) is 3.74. The van der Waals surface area contributed by atoms with Crippen LogP contribution in [-0.2, 0) is 0 Å². The average molecular weight is 469 g/mol. The third-order valence-corrected chi connectivity index (χ3v) is 6.17. The van der Waals surface area contributed by atoms with Crippen LogP contribution < -0.4 is 15.1 Å². The second-order valence-electron chi connectivity index (χ2n) is 8.94. The molecule has 9 heteroatoms. The van der Waals surface area contributed by atoms with E-state index in [2.05, 4.69) is 42.1 Å². The van der Waals surface area contributed by atoms with Gasteiger partial charge < -0.3 is 20.0 Å². The van der Waals surface area contributed by atoms with Gasteiger partial charge in [0.15, 0.2) is 0 Å². The molecule has 0 spiro atoms. The van der Waals surface area contributed by atoms with Gasteiger partial charge in [0.1, 0.15) is 17.5 Å². The van der Waals surface area contributed by atoms with Gasteiger partial charge in [-0.05, 0) is 36.7 Å². The summed E-state index contributed by atoms with van der Waals surface area (Å²) in [6.07, 6.45) is 6.93. The number of pyridine rings is 2. The van der Waals surface area contributed by atoms with Crippen LogP contribution in [0.2, 0.25) is 0 Å². The molecule has 4 aromatic rings. The second kappa shape index (κ2) is 9.63. The Labute approximate surface area is 204 Å². The summed E-state index contributed by atoms with van der Waals surface area (Å²) >= 11 is 0. The van der Waals surface area contributed by atoms with Crippen molar-refractivity contribution in [3.63, 3.8) is 0 Å². The van der Waals surface area contributed by atoms with Gasteiger partial charge in [-0.3, -0.25) is 9.78 Å². The van der Waals surface area contributed by atoms with Crippen LogP contribution in [0.3, 0.4) is 0 Å². The maximum absolute atomic E-state index is 13.0. The van der Waals surface area contributed by atoms with Crippen molar-refractivity contribution in [2.45, 2.75) is 0 Å². The smallest absolute Gasteiger partial charge is 0.257 e. The quantitative estimate of drug-likeness (QED) is 0.478. The maximum atomic E-state index is 13.0. The molecule has 1 N–H and O–H groups in total. The maximum Gasteiger partial charge on any atom is 0.257 e. The van der Waals surface area contributed by atoms with E-state index in [4.69, 9.17) is 0 Å². The van der Waals surface area contributed by atoms with E-state index in [1.54, 1.807) is 30.9 Å². The highest BCUT2D eigenvalue weighted by molar-refractivity contribution is 6.05. The summed E-state index contributed by atoms with van der Waals surface area (Å²) in [5.41, 5.74) is 2.29. The first-order chi connectivity index (χ1) is 17.0. The molecule has 1 aliphatic rings. The second-order valence-corrected chi connectivity index (χ2v) is 8.94. The Hall–Kier alpha value is -4.11. The summed E-state index contributed by atoms with van der Waals surface area (Å²) < 4.78 is 0. The summed E-state index contributed by atoms with van der Waals surface area (Å²) in [4.78, 5) is 37.3. The Morgan fingerprint density at radius 3 is 2.57 bits per heavy atom. The van der Waals surface area contributed by atoms with Gasteiger partial charge in [-0.2, -0.15) is 0 Å². The molecule has 0 bridgehead atoms. The van der Waals surface area contributed by atoms with Crippen molar-refractivity contribution in [1.29, 1.82) is 0 Å². The first kappa shape index (κ1) is 22.7. The van der Waals surface area contributed by atoms with Crippen molar-refractivity contribution in [3.05, 3.63) is 66.7 Å². The third-order valence-electron chi connectivity index (χ3n) is 6.17. The zero-order valence-corrected chi connectivity index (χ0v) is 20.1. The normalized spacial score (nSPS) is 14.2. The van der Waals surface area contributed by atoms with Gasteiger partial charge in [0.05, 0.1) is 18.1 Å². The Morgan fingerprint density at radius 2 is 1.77 bits per heavy atom. The van der Waals surface area contributed by atoms with E-state index in [0.717, 1.165) is 59.8 Å². The number of nitrogens with zero attached hydrogens (tertiary/aromatic N) is 7. The van der Waals surface area contributed by atoms with E-state index in [9.17, 15) is 4.79 Å². The highest BCUT2D eigenvalue weighted by Crippen LogP contribution is 2.25. The van der Waals surface area contributed by atoms with Gasteiger partial charge >= 0.3 is 0 Å². The molecular weight excluding hydrogens is 440 g/mol. The van der Waals surface area contributed by atoms with Crippen LogP contribution in [0.1, 0.15) is 10.4 Å². The van der Waals surface area contributed by atoms with Crippen LogP contribution in [-0.4, -0.2) is 78.1 Å². The molecule has 1 aliphatic heterocycles. The summed E-state index contributed by atoms with van der Waals surface area (Å²) in [5.74, 6) is 1.89. The number of hydrogen-bond donors (Lipinski definition) is 1. The van der Waals surface area contributed by atoms with E-state index >= 15 is 0 Å². The topological polar surface area (TPSA) is 90.4 Å². The first-order valence-corrected chi connectivity index (χ1v) is 11.6. The van der Waals surface area contributed by atoms with Crippen molar-refractivity contribution in [1.82, 2.24) is 24.8 Å². The lowest BCUT2D eigenvalue weighted by atomic mass is 10.1. The van der Waals surface area contributed by atoms with Crippen LogP contribution in [0.5, 0.6) is 0 Å². The molecular formula is C26H28N8O. The number of fused-ring (bicyclic) bond motifs is 1. The average Bonchev–Trinajstić information content (AvgIpc) is 2.89. The Balaban J connectivity index is 1.36. The predicted octanol–water partition coefficient (Wildman–Crippen LogP) is 3.16. The van der Waals surface area contributed by atoms with Crippen LogP contribution in [0.25, 0.3) is 22.0 Å². The molecule has 178 valence electrons. The van der Waals surface area contributed by atoms with Gasteiger partial charge in [-0.15, -0.1) is 0 Å². The fourth-order valence-electron chi connectivity index (χ4n) is 4.04. The predicted molar refractivity (Wildman–Crippen MR) is 139 cm³/mol. The zero-order chi connectivity index (χ0) is 24.4. The first-order valence-electron chi connectivity index (χ1n) is 11.6. The molecule has 0 radical (unpaired) electrons. The molecule has 0 atom stereocenters. The minimum Gasteiger partial charge on any atom is -0.361 e. The van der Waals surface area contributed by atoms with Crippen molar-refractivity contribution in [3.8, 4) is 11.3 Å². The van der Waals surface area contributed by atoms with Crippen LogP contribution >= 0.6 is 0 Å². The van der Waals surface area contributed by atoms with Crippen molar-refractivity contribution < 1.29 is 4.79 Å². The molecule has 0 saturated carbocycles. The Bertz CT molecular complexity index is 1360. The summed E-state index contributed by atoms with van der Waals surface area (Å²) in [7, 11) is 5.99. The molecule has 5 rings (SSSR count). The summed E-state index contributed by atoms with van der Waals surface area (Å²) in [6, 6.07) is 11.5. The van der Waals surface area contributed by atoms with Crippen molar-refractivity contribution in [2.24, 2.45) is 0 Å². The number of anilines is 3. The largest absolute Gasteiger partial charge is 0.361 e. The minimum absolute atomic E-state index is 0.213. The van der Waals surface area contributed by atoms with Crippen molar-refractivity contribution in [2.75, 3.05) is 62.4 Å². The number of carbonyl (C=O) groups excluding carboxylic acids is 1. The lowest BCUT2D eigenvalue weighted by molar-refractivity contribution is 0.102. The zero-order valence-electron chi connectivity index (χ0n) is 20.1. The SMILES string of the molecule is CN1CCN(c2cc(C(=O)Nc3cc4cc(-c5cncc(N(C)C)n5)ccc4cn3)ccn2)CC1. The van der Waals surface area contributed by atoms with Gasteiger partial charge in [0.2, 0.25) is 0 Å². The molecule has 35 heavy (non-hydrogen) atoms. The number of aromatic nitrogens is 4. The number of carbonyl (C=O) groups is 1. The van der Waals surface area contributed by atoms with Crippen LogP contribution in [0, 0.1) is 0 Å². The highest BCUT2D eigenvalue weighted by atomic mass is 16.1. The van der Waals surface area contributed by atoms with Gasteiger partial charge in [0, 0.05) is 69.2 Å². The number of amides is 1. The number of hydrogen-bond acceptors (Lipinski definition) is 8. The fourth-order valence-corrected chi connectivity index (χ4v) is 4.04. The molecule has 4 heterocycles. The standard InChI is InChI=1S/C26H28N8O/c1-32(2)25-17-27-16-22(30-25)18-4-5-20-15-29-23(13-21(20)12-18)31-26(35)19-6-7-28-24(14-19)34-10-8-33(3)9-11-34/h4-7,12-17H,8-11H2,1-3H3,(H,29,31,35). The molecule has 9 nitrogen and oxygen atoms in total. The lowest BCUT2D eigenvalue weighted by Gasteiger charge is -2.33. The minimum atomic E-state index is -0.213. The fraction of sp³-hybridized carbons (Fsp3) is 0.269. The molecule has 1 amide bonds. The van der Waals surface area contributed by atoms with Crippen molar-refractivity contribution >= 4 is 34.1 Å². The van der Waals surface area contributed by atoms with E-state index in [1.165, 1.54) is 0 Å². The molecule has 3 aromatic heterocycles. The van der Waals surface area contributed by atoms with Gasteiger partial charge in [0.25, 0.3) is 5.91 Å². The Kier molecular flexibility index (Phi) is 6.24. The lowest BCUT2D eigenvalue weighted by Crippen LogP contribution is -2.44. The number of likely N-dealkylation sites (N-methyl/N-ethyl adjacent to an activating group) is 1. The molecule has 1 aromatic carbocycles. The van der Waals surface area contributed by atoms with Crippen LogP contribution in [0.15, 0.2) is 61.2 Å². The summed E-state index contributed by atoms with van der Waals surface area (Å²) in [5, 5.41) is 4.86. The van der Waals surface area contributed by atoms with E-state index in [-0.39, 0.29) is 5.91 Å². The monoisotopic (exact) mass is 468 g/mol. The van der Waals surface area contributed by atoms with Crippen LogP contribution in [0.4, 0.5) is 17.5 Å². The van der Waals surface area contributed by atoms with E-state index in [0.29, 0.717) is 11.4 Å². The molecule has 0 aliphatic carbocycles. The molecule has 1 saturated heterocycles. The number of nitrogens with one attached hydrogen (secondary N) is 1. The number of piperazine rings is 1. The van der Waals surface area contributed by atoms with Gasteiger partial charge in [-0.25, -0.2) is 15.0 Å². The third kappa shape index (κ3) is 5.04. The molecule has 0 unspecified atom stereocenters. The number of rotatable bonds is 5. The Morgan fingerprint density at radius 1 is 0.943 bits per heavy atom. The van der Waals surface area contributed by atoms with E-state index < -0.39 is 0 Å². The van der Waals surface area contributed by atoms with E-state index in [1.807, 2.05) is 49.3 Å².